The van der Waals surface area contributed by atoms with E-state index in [1.54, 1.807) is 12.1 Å². The first-order valence-electron chi connectivity index (χ1n) is 6.43. The van der Waals surface area contributed by atoms with E-state index in [4.69, 9.17) is 5.11 Å². The highest BCUT2D eigenvalue weighted by molar-refractivity contribution is 9.10. The summed E-state index contributed by atoms with van der Waals surface area (Å²) in [5.74, 6) is -1.28. The van der Waals surface area contributed by atoms with E-state index in [1.807, 2.05) is 30.3 Å². The lowest BCUT2D eigenvalue weighted by Crippen LogP contribution is -2.15. The first-order valence-corrected chi connectivity index (χ1v) is 7.22. The molecule has 0 atom stereocenters. The number of hydrogen-bond donors (Lipinski definition) is 2. The van der Waals surface area contributed by atoms with Gasteiger partial charge in [0.2, 0.25) is 5.91 Å². The molecule has 0 aliphatic heterocycles. The zero-order valence-corrected chi connectivity index (χ0v) is 12.8. The van der Waals surface area contributed by atoms with Gasteiger partial charge in [-0.15, -0.1) is 0 Å². The van der Waals surface area contributed by atoms with Gasteiger partial charge in [0.05, 0.1) is 11.3 Å². The van der Waals surface area contributed by atoms with Crippen LogP contribution in [0, 0.1) is 0 Å². The summed E-state index contributed by atoms with van der Waals surface area (Å²) in [6.45, 7) is 0. The molecule has 0 aromatic heterocycles. The average Bonchev–Trinajstić information content (AvgIpc) is 2.46. The summed E-state index contributed by atoms with van der Waals surface area (Å²) >= 11 is 3.27. The molecule has 2 rings (SSSR count). The van der Waals surface area contributed by atoms with Gasteiger partial charge in [-0.3, -0.25) is 4.79 Å². The Labute approximate surface area is 130 Å². The third kappa shape index (κ3) is 4.43. The van der Waals surface area contributed by atoms with Crippen LogP contribution in [0.1, 0.15) is 22.3 Å². The van der Waals surface area contributed by atoms with Crippen LogP contribution in [-0.4, -0.2) is 17.0 Å². The molecule has 0 radical (unpaired) electrons. The van der Waals surface area contributed by atoms with E-state index in [-0.39, 0.29) is 11.5 Å². The van der Waals surface area contributed by atoms with Crippen LogP contribution in [0.3, 0.4) is 0 Å². The van der Waals surface area contributed by atoms with Crippen molar-refractivity contribution in [3.8, 4) is 0 Å². The van der Waals surface area contributed by atoms with Crippen molar-refractivity contribution in [1.82, 2.24) is 0 Å². The van der Waals surface area contributed by atoms with Crippen molar-refractivity contribution >= 4 is 33.5 Å². The average molecular weight is 348 g/mol. The Morgan fingerprint density at radius 2 is 1.81 bits per heavy atom. The van der Waals surface area contributed by atoms with Crippen LogP contribution in [0.15, 0.2) is 53.0 Å². The normalized spacial score (nSPS) is 10.1. The van der Waals surface area contributed by atoms with Crippen molar-refractivity contribution in [1.29, 1.82) is 0 Å². The fourth-order valence-electron chi connectivity index (χ4n) is 1.92. The second-order valence-corrected chi connectivity index (χ2v) is 5.44. The van der Waals surface area contributed by atoms with Gasteiger partial charge in [-0.05, 0) is 30.2 Å². The van der Waals surface area contributed by atoms with E-state index in [1.165, 1.54) is 6.07 Å². The molecule has 0 bridgehead atoms. The van der Waals surface area contributed by atoms with Gasteiger partial charge >= 0.3 is 5.97 Å². The Morgan fingerprint density at radius 3 is 2.48 bits per heavy atom. The number of carbonyl (C=O) groups is 2. The Hall–Kier alpha value is -2.14. The lowest BCUT2D eigenvalue weighted by molar-refractivity contribution is -0.116. The van der Waals surface area contributed by atoms with E-state index < -0.39 is 5.97 Å². The van der Waals surface area contributed by atoms with E-state index in [0.717, 1.165) is 5.56 Å². The summed E-state index contributed by atoms with van der Waals surface area (Å²) in [5, 5.41) is 11.8. The minimum absolute atomic E-state index is 0.0752. The molecule has 0 spiro atoms. The molecule has 0 unspecified atom stereocenters. The standard InChI is InChI=1S/C16H14BrNO3/c17-12-7-8-13(16(20)21)14(10-12)18-15(19)9-6-11-4-2-1-3-5-11/h1-5,7-8,10H,6,9H2,(H,18,19)(H,20,21). The predicted octanol–water partition coefficient (Wildman–Crippen LogP) is 3.72. The highest BCUT2D eigenvalue weighted by atomic mass is 79.9. The quantitative estimate of drug-likeness (QED) is 0.866. The fourth-order valence-corrected chi connectivity index (χ4v) is 2.28. The molecular formula is C16H14BrNO3. The molecule has 1 amide bonds. The zero-order chi connectivity index (χ0) is 15.2. The van der Waals surface area contributed by atoms with Gasteiger partial charge in [0.25, 0.3) is 0 Å². The maximum absolute atomic E-state index is 12.0. The Morgan fingerprint density at radius 1 is 1.10 bits per heavy atom. The summed E-state index contributed by atoms with van der Waals surface area (Å²) in [7, 11) is 0. The minimum atomic E-state index is -1.07. The van der Waals surface area contributed by atoms with Crippen molar-refractivity contribution in [2.75, 3.05) is 5.32 Å². The largest absolute Gasteiger partial charge is 0.478 e. The van der Waals surface area contributed by atoms with Gasteiger partial charge in [0, 0.05) is 10.9 Å². The Balaban J connectivity index is 2.02. The summed E-state index contributed by atoms with van der Waals surface area (Å²) in [6, 6.07) is 14.3. The number of carboxylic acid groups (broad SMARTS) is 1. The van der Waals surface area contributed by atoms with Gasteiger partial charge in [-0.2, -0.15) is 0 Å². The first-order chi connectivity index (χ1) is 10.1. The molecule has 21 heavy (non-hydrogen) atoms. The number of carboxylic acids is 1. The molecule has 108 valence electrons. The van der Waals surface area contributed by atoms with Crippen LogP contribution in [0.4, 0.5) is 5.69 Å². The number of rotatable bonds is 5. The molecule has 0 saturated heterocycles. The highest BCUT2D eigenvalue weighted by Gasteiger charge is 2.12. The van der Waals surface area contributed by atoms with E-state index >= 15 is 0 Å². The van der Waals surface area contributed by atoms with Crippen LogP contribution < -0.4 is 5.32 Å². The van der Waals surface area contributed by atoms with Crippen molar-refractivity contribution in [3.63, 3.8) is 0 Å². The number of nitrogens with one attached hydrogen (secondary N) is 1. The van der Waals surface area contributed by atoms with E-state index in [9.17, 15) is 9.59 Å². The molecule has 0 saturated carbocycles. The molecule has 0 aliphatic rings. The van der Waals surface area contributed by atoms with Crippen molar-refractivity contribution in [2.45, 2.75) is 12.8 Å². The van der Waals surface area contributed by atoms with Crippen LogP contribution in [-0.2, 0) is 11.2 Å². The summed E-state index contributed by atoms with van der Waals surface area (Å²) in [5.41, 5.74) is 1.45. The van der Waals surface area contributed by atoms with E-state index in [2.05, 4.69) is 21.2 Å². The number of aromatic carboxylic acids is 1. The summed E-state index contributed by atoms with van der Waals surface area (Å²) < 4.78 is 0.714. The monoisotopic (exact) mass is 347 g/mol. The molecule has 5 heteroatoms. The SMILES string of the molecule is O=C(CCc1ccccc1)Nc1cc(Br)ccc1C(=O)O. The Kier molecular flexibility index (Phi) is 5.11. The minimum Gasteiger partial charge on any atom is -0.478 e. The van der Waals surface area contributed by atoms with Crippen LogP contribution in [0.25, 0.3) is 0 Å². The number of anilines is 1. The first kappa shape index (κ1) is 15.3. The van der Waals surface area contributed by atoms with Crippen LogP contribution in [0.2, 0.25) is 0 Å². The van der Waals surface area contributed by atoms with Crippen molar-refractivity contribution in [3.05, 3.63) is 64.1 Å². The number of carbonyl (C=O) groups excluding carboxylic acids is 1. The van der Waals surface area contributed by atoms with E-state index in [0.29, 0.717) is 23.0 Å². The highest BCUT2D eigenvalue weighted by Crippen LogP contribution is 2.22. The van der Waals surface area contributed by atoms with Gasteiger partial charge in [-0.25, -0.2) is 4.79 Å². The van der Waals surface area contributed by atoms with Gasteiger partial charge < -0.3 is 10.4 Å². The molecule has 4 nitrogen and oxygen atoms in total. The predicted molar refractivity (Wildman–Crippen MR) is 84.5 cm³/mol. The van der Waals surface area contributed by atoms with Crippen LogP contribution in [0.5, 0.6) is 0 Å². The summed E-state index contributed by atoms with van der Waals surface area (Å²) in [6.07, 6.45) is 0.915. The van der Waals surface area contributed by atoms with Crippen LogP contribution >= 0.6 is 15.9 Å². The fraction of sp³-hybridized carbons (Fsp3) is 0.125. The maximum Gasteiger partial charge on any atom is 0.337 e. The van der Waals surface area contributed by atoms with Crippen molar-refractivity contribution in [2.24, 2.45) is 0 Å². The molecule has 2 aromatic rings. The molecule has 0 aliphatic carbocycles. The number of amides is 1. The second-order valence-electron chi connectivity index (χ2n) is 4.53. The van der Waals surface area contributed by atoms with Crippen molar-refractivity contribution < 1.29 is 14.7 Å². The second kappa shape index (κ2) is 7.04. The smallest absolute Gasteiger partial charge is 0.337 e. The third-order valence-corrected chi connectivity index (χ3v) is 3.46. The third-order valence-electron chi connectivity index (χ3n) is 2.97. The molecule has 0 heterocycles. The van der Waals surface area contributed by atoms with Gasteiger partial charge in [0.15, 0.2) is 0 Å². The number of aryl methyl sites for hydroxylation is 1. The van der Waals surface area contributed by atoms with Gasteiger partial charge in [-0.1, -0.05) is 46.3 Å². The molecule has 2 aromatic carbocycles. The lowest BCUT2D eigenvalue weighted by atomic mass is 10.1. The molecular weight excluding hydrogens is 334 g/mol. The number of halogens is 1. The maximum atomic E-state index is 12.0. The summed E-state index contributed by atoms with van der Waals surface area (Å²) in [4.78, 5) is 23.1. The molecule has 0 fully saturated rings. The Bertz CT molecular complexity index is 656. The lowest BCUT2D eigenvalue weighted by Gasteiger charge is -2.09. The van der Waals surface area contributed by atoms with Gasteiger partial charge in [0.1, 0.15) is 0 Å². The zero-order valence-electron chi connectivity index (χ0n) is 11.2. The number of hydrogen-bond acceptors (Lipinski definition) is 2. The number of benzene rings is 2. The topological polar surface area (TPSA) is 66.4 Å². The molecule has 2 N–H and O–H groups in total.